The van der Waals surface area contributed by atoms with Crippen molar-refractivity contribution in [3.05, 3.63) is 118 Å². The molecule has 1 amide bonds. The lowest BCUT2D eigenvalue weighted by Crippen LogP contribution is -2.56. The van der Waals surface area contributed by atoms with Crippen LogP contribution in [0.4, 0.5) is 11.6 Å². The Kier molecular flexibility index (Phi) is 15.5. The smallest absolute Gasteiger partial charge is 0.318 e. The highest BCUT2D eigenvalue weighted by atomic mass is 16.5. The van der Waals surface area contributed by atoms with Crippen molar-refractivity contribution in [2.24, 2.45) is 10.8 Å². The molecule has 8 atom stereocenters. The van der Waals surface area contributed by atoms with Crippen LogP contribution in [-0.2, 0) is 56.2 Å². The van der Waals surface area contributed by atoms with E-state index in [1.165, 1.54) is 45.0 Å². The lowest BCUT2D eigenvalue weighted by atomic mass is 9.62. The van der Waals surface area contributed by atoms with Crippen molar-refractivity contribution in [3.8, 4) is 24.2 Å². The van der Waals surface area contributed by atoms with Gasteiger partial charge in [0, 0.05) is 75.1 Å². The third-order valence-electron chi connectivity index (χ3n) is 20.3. The molecule has 4 aliphatic carbocycles. The second-order valence-electron chi connectivity index (χ2n) is 24.9. The quantitative estimate of drug-likeness (QED) is 0.101. The molecule has 4 fully saturated rings. The Morgan fingerprint density at radius 1 is 0.688 bits per heavy atom. The fourth-order valence-electron chi connectivity index (χ4n) is 15.7. The van der Waals surface area contributed by atoms with Crippen molar-refractivity contribution < 1.29 is 19.4 Å². The second-order valence-corrected chi connectivity index (χ2v) is 24.9. The van der Waals surface area contributed by atoms with Gasteiger partial charge in [-0.15, -0.1) is 0 Å². The molecular formula is C64H80N12O4. The maximum atomic E-state index is 12.9. The first kappa shape index (κ1) is 54.2. The average Bonchev–Trinajstić information content (AvgIpc) is 4.11. The number of aromatic nitrogens is 4. The molecule has 4 saturated heterocycles. The zero-order chi connectivity index (χ0) is 55.1. The Hall–Kier alpha value is -6.43. The molecule has 16 nitrogen and oxygen atoms in total. The van der Waals surface area contributed by atoms with E-state index in [2.05, 4.69) is 101 Å². The molecule has 0 saturated carbocycles. The molecule has 6 unspecified atom stereocenters. The number of piperazine rings is 2. The van der Waals surface area contributed by atoms with E-state index in [1.54, 1.807) is 11.0 Å². The van der Waals surface area contributed by atoms with Crippen LogP contribution in [0.1, 0.15) is 114 Å². The van der Waals surface area contributed by atoms with Gasteiger partial charge in [-0.2, -0.15) is 30.5 Å². The van der Waals surface area contributed by atoms with Crippen LogP contribution in [0, 0.1) is 33.5 Å². The van der Waals surface area contributed by atoms with Crippen molar-refractivity contribution in [1.82, 2.24) is 39.5 Å². The average molecular weight is 1080 g/mol. The normalized spacial score (nSPS) is 28.1. The molecule has 80 heavy (non-hydrogen) atoms. The summed E-state index contributed by atoms with van der Waals surface area (Å²) in [5.74, 6) is 2.07. The van der Waals surface area contributed by atoms with Gasteiger partial charge in [-0.05, 0) is 174 Å². The van der Waals surface area contributed by atoms with Crippen LogP contribution in [0.5, 0.6) is 12.0 Å². The predicted molar refractivity (Wildman–Crippen MR) is 308 cm³/mol. The van der Waals surface area contributed by atoms with Gasteiger partial charge in [-0.25, -0.2) is 0 Å². The highest BCUT2D eigenvalue weighted by molar-refractivity contribution is 5.87. The number of benzene rings is 2. The summed E-state index contributed by atoms with van der Waals surface area (Å²) in [6, 6.07) is 21.7. The number of fused-ring (bicyclic) bond motifs is 4. The summed E-state index contributed by atoms with van der Waals surface area (Å²) in [6.45, 7) is 14.1. The van der Waals surface area contributed by atoms with E-state index in [4.69, 9.17) is 29.4 Å². The fourth-order valence-corrected chi connectivity index (χ4v) is 15.7. The van der Waals surface area contributed by atoms with Gasteiger partial charge in [-0.1, -0.05) is 55.6 Å². The molecule has 1 N–H and O–H groups in total. The van der Waals surface area contributed by atoms with Gasteiger partial charge in [0.05, 0.1) is 42.4 Å². The predicted octanol–water partition coefficient (Wildman–Crippen LogP) is 6.96. The van der Waals surface area contributed by atoms with Crippen LogP contribution < -0.4 is 19.3 Å². The van der Waals surface area contributed by atoms with Crippen LogP contribution in [-0.4, -0.2) is 161 Å². The molecule has 4 aliphatic heterocycles. The standard InChI is InChI=1S/C64H80N12O4/c1-5-57(77)75-31-29-73(39-47(75)20-26-65)59-54-19-25-64(37-56(54)67-61(69-59)79-41-49-14-10-28-71(49)3)23-17-52-45(35-64)13-9-15-51(52)46-33-50(72(4)38-46)42-80-62-68-55-36-63(22-16-43-11-7-8-12-44(43)34-63)24-18-53(55)60(70-62)74-30-32-76(58(78)6-2)48(40-74)21-27-66/h5-9,11-13,15,46-50,58,78H,1-2,10,14,16-25,28-42H2,3-4H3/t46?,47?,48?,49?,50?,58?,63-,64+/m0/s1. The molecule has 16 heteroatoms. The minimum atomic E-state index is -0.806. The number of aliphatic hydroxyl groups excluding tert-OH is 1. The first-order chi connectivity index (χ1) is 38.9. The van der Waals surface area contributed by atoms with E-state index in [9.17, 15) is 20.4 Å². The number of amides is 1. The number of carbonyl (C=O) groups is 1. The van der Waals surface area contributed by atoms with Crippen molar-refractivity contribution in [1.29, 1.82) is 10.5 Å². The first-order valence-electron chi connectivity index (χ1n) is 29.8. The van der Waals surface area contributed by atoms with Crippen molar-refractivity contribution in [2.45, 2.75) is 145 Å². The maximum absolute atomic E-state index is 12.9. The highest BCUT2D eigenvalue weighted by Gasteiger charge is 2.44. The largest absolute Gasteiger partial charge is 0.462 e. The lowest BCUT2D eigenvalue weighted by molar-refractivity contribution is -0.128. The minimum absolute atomic E-state index is 0.0698. The molecule has 6 heterocycles. The van der Waals surface area contributed by atoms with Crippen molar-refractivity contribution in [2.75, 3.05) is 89.5 Å². The molecule has 8 aliphatic rings. The van der Waals surface area contributed by atoms with E-state index in [1.807, 2.05) is 4.90 Å². The maximum Gasteiger partial charge on any atom is 0.318 e. The van der Waals surface area contributed by atoms with Crippen LogP contribution in [0.3, 0.4) is 0 Å². The topological polar surface area (TPSA) is 174 Å². The monoisotopic (exact) mass is 1080 g/mol. The number of nitrogens with zero attached hydrogens (tertiary/aromatic N) is 12. The molecule has 420 valence electrons. The van der Waals surface area contributed by atoms with E-state index >= 15 is 0 Å². The van der Waals surface area contributed by atoms with E-state index < -0.39 is 6.23 Å². The fraction of sp³-hybridized carbons (Fsp3) is 0.578. The number of hydrogen-bond acceptors (Lipinski definition) is 15. The number of carbonyl (C=O) groups excluding carboxylic acids is 1. The van der Waals surface area contributed by atoms with E-state index in [0.717, 1.165) is 132 Å². The molecule has 0 radical (unpaired) electrons. The summed E-state index contributed by atoms with van der Waals surface area (Å²) in [7, 11) is 4.40. The third-order valence-corrected chi connectivity index (χ3v) is 20.3. The number of likely N-dealkylation sites (tertiary alicyclic amines) is 2. The molecule has 0 bridgehead atoms. The number of hydrogen-bond donors (Lipinski definition) is 1. The summed E-state index contributed by atoms with van der Waals surface area (Å²) in [5.41, 5.74) is 12.2. The molecule has 2 aromatic carbocycles. The van der Waals surface area contributed by atoms with Gasteiger partial charge < -0.3 is 34.2 Å². The van der Waals surface area contributed by atoms with Gasteiger partial charge in [0.25, 0.3) is 0 Å². The molecule has 2 spiro atoms. The Labute approximate surface area is 473 Å². The number of ether oxygens (including phenoxy) is 2. The lowest BCUT2D eigenvalue weighted by Gasteiger charge is -2.45. The van der Waals surface area contributed by atoms with Crippen LogP contribution in [0.15, 0.2) is 67.8 Å². The van der Waals surface area contributed by atoms with E-state index in [0.29, 0.717) is 82.9 Å². The highest BCUT2D eigenvalue weighted by Crippen LogP contribution is 2.50. The molecular weight excluding hydrogens is 1000 g/mol. The first-order valence-corrected chi connectivity index (χ1v) is 29.8. The Morgan fingerprint density at radius 2 is 1.29 bits per heavy atom. The number of nitriles is 2. The Balaban J connectivity index is 0.761. The minimum Gasteiger partial charge on any atom is -0.462 e. The number of rotatable bonds is 14. The number of aliphatic hydroxyl groups is 1. The van der Waals surface area contributed by atoms with Crippen molar-refractivity contribution in [3.63, 3.8) is 0 Å². The van der Waals surface area contributed by atoms with Crippen molar-refractivity contribution >= 4 is 17.5 Å². The number of anilines is 2. The SMILES string of the molecule is C=CC(=O)N1CCN(c2nc(OCC3CCCN3C)nc3c2CC[C@@]2(CCc4c(cccc4C4CC(COc5nc6c(c(N7CCN(C(O)C=C)C(CC#N)C7)n5)CC[C@]5(CCc7ccccc7C5)C6)N(C)C4)C2)C3)CC1CC#N. The molecule has 12 rings (SSSR count). The summed E-state index contributed by atoms with van der Waals surface area (Å²) >= 11 is 0. The van der Waals surface area contributed by atoms with Crippen LogP contribution >= 0.6 is 0 Å². The van der Waals surface area contributed by atoms with Gasteiger partial charge in [0.2, 0.25) is 5.91 Å². The van der Waals surface area contributed by atoms with Gasteiger partial charge in [0.15, 0.2) is 0 Å². The van der Waals surface area contributed by atoms with Gasteiger partial charge >= 0.3 is 12.0 Å². The number of likely N-dealkylation sites (N-methyl/N-ethyl adjacent to an activating group) is 2. The van der Waals surface area contributed by atoms with Gasteiger partial charge in [0.1, 0.15) is 31.1 Å². The summed E-state index contributed by atoms with van der Waals surface area (Å²) in [5, 5.41) is 30.5. The van der Waals surface area contributed by atoms with Gasteiger partial charge in [-0.3, -0.25) is 14.6 Å². The van der Waals surface area contributed by atoms with E-state index in [-0.39, 0.29) is 41.3 Å². The molecule has 4 aromatic rings. The van der Waals surface area contributed by atoms with Crippen LogP contribution in [0.25, 0.3) is 0 Å². The second kappa shape index (κ2) is 22.8. The third kappa shape index (κ3) is 10.7. The summed E-state index contributed by atoms with van der Waals surface area (Å²) in [6.07, 6.45) is 18.0. The molecule has 2 aromatic heterocycles. The van der Waals surface area contributed by atoms with Crippen LogP contribution in [0.2, 0.25) is 0 Å². The zero-order valence-electron chi connectivity index (χ0n) is 47.2. The summed E-state index contributed by atoms with van der Waals surface area (Å²) in [4.78, 5) is 47.1. The summed E-state index contributed by atoms with van der Waals surface area (Å²) < 4.78 is 13.3. The zero-order valence-corrected chi connectivity index (χ0v) is 47.2. The Morgan fingerprint density at radius 3 is 1.94 bits per heavy atom. The Bertz CT molecular complexity index is 3080. The number of aryl methyl sites for hydroxylation is 1.